The molecular formula is C29H29ClN4O2S. The van der Waals surface area contributed by atoms with E-state index in [0.29, 0.717) is 21.9 Å². The normalized spacial score (nSPS) is 17.4. The Labute approximate surface area is 226 Å². The molecule has 1 N–H and O–H groups in total. The van der Waals surface area contributed by atoms with Crippen molar-refractivity contribution >= 4 is 29.3 Å². The summed E-state index contributed by atoms with van der Waals surface area (Å²) in [6.45, 7) is 2.22. The van der Waals surface area contributed by atoms with Crippen molar-refractivity contribution in [3.63, 3.8) is 0 Å². The van der Waals surface area contributed by atoms with Gasteiger partial charge in [0.05, 0.1) is 5.75 Å². The van der Waals surface area contributed by atoms with Gasteiger partial charge in [0.25, 0.3) is 0 Å². The van der Waals surface area contributed by atoms with Crippen molar-refractivity contribution < 1.29 is 9.53 Å². The predicted molar refractivity (Wildman–Crippen MR) is 149 cm³/mol. The highest BCUT2D eigenvalue weighted by atomic mass is 35.5. The molecule has 1 saturated carbocycles. The monoisotopic (exact) mass is 532 g/mol. The maximum atomic E-state index is 12.8. The molecule has 4 aromatic rings. The summed E-state index contributed by atoms with van der Waals surface area (Å²) in [4.78, 5) is 12.8. The summed E-state index contributed by atoms with van der Waals surface area (Å²) in [5, 5.41) is 13.4. The van der Waals surface area contributed by atoms with Gasteiger partial charge < -0.3 is 10.1 Å². The number of nitrogens with zero attached hydrogens (tertiary/aromatic N) is 3. The number of thioether (sulfide) groups is 1. The summed E-state index contributed by atoms with van der Waals surface area (Å²) in [5.41, 5.74) is 1.76. The van der Waals surface area contributed by atoms with Gasteiger partial charge in [0.15, 0.2) is 11.0 Å². The lowest BCUT2D eigenvalue weighted by Gasteiger charge is -2.29. The van der Waals surface area contributed by atoms with Crippen molar-refractivity contribution in [3.8, 4) is 28.6 Å². The molecule has 5 rings (SSSR count). The van der Waals surface area contributed by atoms with Crippen LogP contribution in [0, 0.1) is 5.92 Å². The topological polar surface area (TPSA) is 69.0 Å². The molecule has 3 aromatic carbocycles. The minimum Gasteiger partial charge on any atom is -0.457 e. The van der Waals surface area contributed by atoms with Crippen LogP contribution in [-0.2, 0) is 4.79 Å². The van der Waals surface area contributed by atoms with Crippen LogP contribution in [0.4, 0.5) is 0 Å². The molecule has 8 heteroatoms. The first kappa shape index (κ1) is 25.4. The number of benzene rings is 3. The highest BCUT2D eigenvalue weighted by Crippen LogP contribution is 2.31. The Morgan fingerprint density at radius 3 is 2.41 bits per heavy atom. The zero-order valence-corrected chi connectivity index (χ0v) is 22.2. The van der Waals surface area contributed by atoms with Crippen LogP contribution in [0.3, 0.4) is 0 Å². The minimum absolute atomic E-state index is 0.0259. The Balaban J connectivity index is 1.37. The van der Waals surface area contributed by atoms with E-state index in [1.165, 1.54) is 31.0 Å². The second-order valence-corrected chi connectivity index (χ2v) is 10.7. The quantitative estimate of drug-likeness (QED) is 0.244. The molecule has 0 spiro atoms. The standard InChI is InChI=1S/C29H29ClN4O2S/c1-20-7-5-6-10-26(20)31-27(35)19-37-29-33-32-28(21-11-13-22(30)14-12-21)34(29)23-15-17-25(18-16-23)36-24-8-3-2-4-9-24/h2-4,8-9,11-18,20,26H,5-7,10,19H2,1H3,(H,31,35). The third-order valence-corrected chi connectivity index (χ3v) is 7.78. The summed E-state index contributed by atoms with van der Waals surface area (Å²) in [5.74, 6) is 2.99. The third kappa shape index (κ3) is 6.35. The Morgan fingerprint density at radius 2 is 1.68 bits per heavy atom. The van der Waals surface area contributed by atoms with Gasteiger partial charge in [-0.05, 0) is 79.4 Å². The van der Waals surface area contributed by atoms with Crippen molar-refractivity contribution in [2.75, 3.05) is 5.75 Å². The third-order valence-electron chi connectivity index (χ3n) is 6.60. The lowest BCUT2D eigenvalue weighted by Crippen LogP contribution is -2.41. The number of hydrogen-bond acceptors (Lipinski definition) is 5. The van der Waals surface area contributed by atoms with Crippen LogP contribution in [-0.4, -0.2) is 32.5 Å². The molecule has 0 radical (unpaired) electrons. The number of carbonyl (C=O) groups is 1. The van der Waals surface area contributed by atoms with Crippen molar-refractivity contribution in [2.45, 2.75) is 43.8 Å². The highest BCUT2D eigenvalue weighted by molar-refractivity contribution is 7.99. The van der Waals surface area contributed by atoms with Crippen molar-refractivity contribution in [1.29, 1.82) is 0 Å². The van der Waals surface area contributed by atoms with Crippen molar-refractivity contribution in [2.24, 2.45) is 5.92 Å². The molecule has 0 aliphatic heterocycles. The predicted octanol–water partition coefficient (Wildman–Crippen LogP) is 7.17. The number of amides is 1. The average Bonchev–Trinajstić information content (AvgIpc) is 3.34. The minimum atomic E-state index is 0.0259. The van der Waals surface area contributed by atoms with Gasteiger partial charge in [-0.2, -0.15) is 0 Å². The van der Waals surface area contributed by atoms with Crippen LogP contribution >= 0.6 is 23.4 Å². The number of rotatable bonds is 8. The molecule has 190 valence electrons. The Hall–Kier alpha value is -3.29. The van der Waals surface area contributed by atoms with Gasteiger partial charge in [-0.25, -0.2) is 0 Å². The molecule has 1 aliphatic carbocycles. The maximum absolute atomic E-state index is 12.8. The van der Waals surface area contributed by atoms with E-state index < -0.39 is 0 Å². The zero-order chi connectivity index (χ0) is 25.6. The van der Waals surface area contributed by atoms with E-state index in [4.69, 9.17) is 16.3 Å². The Kier molecular flexibility index (Phi) is 8.12. The van der Waals surface area contributed by atoms with Gasteiger partial charge in [0.2, 0.25) is 5.91 Å². The highest BCUT2D eigenvalue weighted by Gasteiger charge is 2.23. The number of ether oxygens (including phenoxy) is 1. The molecule has 2 atom stereocenters. The molecule has 1 fully saturated rings. The van der Waals surface area contributed by atoms with E-state index in [0.717, 1.165) is 29.2 Å². The molecular weight excluding hydrogens is 504 g/mol. The summed E-state index contributed by atoms with van der Waals surface area (Å²) in [7, 11) is 0. The van der Waals surface area contributed by atoms with Crippen LogP contribution in [0.2, 0.25) is 5.02 Å². The first-order valence-electron chi connectivity index (χ1n) is 12.5. The summed E-state index contributed by atoms with van der Waals surface area (Å²) in [6, 6.07) is 25.2. The molecule has 1 aromatic heterocycles. The molecule has 1 aliphatic rings. The summed E-state index contributed by atoms with van der Waals surface area (Å²) < 4.78 is 7.92. The summed E-state index contributed by atoms with van der Waals surface area (Å²) in [6.07, 6.45) is 4.63. The zero-order valence-electron chi connectivity index (χ0n) is 20.6. The van der Waals surface area contributed by atoms with Crippen LogP contribution in [0.25, 0.3) is 17.1 Å². The van der Waals surface area contributed by atoms with Crippen molar-refractivity contribution in [1.82, 2.24) is 20.1 Å². The number of halogens is 1. The number of nitrogens with one attached hydrogen (secondary N) is 1. The summed E-state index contributed by atoms with van der Waals surface area (Å²) >= 11 is 7.50. The largest absolute Gasteiger partial charge is 0.457 e. The van der Waals surface area contributed by atoms with Crippen LogP contribution < -0.4 is 10.1 Å². The molecule has 1 heterocycles. The van der Waals surface area contributed by atoms with Gasteiger partial charge in [0, 0.05) is 22.3 Å². The van der Waals surface area contributed by atoms with Crippen LogP contribution in [0.5, 0.6) is 11.5 Å². The SMILES string of the molecule is CC1CCCCC1NC(=O)CSc1nnc(-c2ccc(Cl)cc2)n1-c1ccc(Oc2ccccc2)cc1. The van der Waals surface area contributed by atoms with E-state index in [1.54, 1.807) is 0 Å². The second kappa shape index (κ2) is 11.8. The smallest absolute Gasteiger partial charge is 0.230 e. The van der Waals surface area contributed by atoms with Gasteiger partial charge in [-0.3, -0.25) is 9.36 Å². The van der Waals surface area contributed by atoms with Crippen LogP contribution in [0.15, 0.2) is 84.0 Å². The molecule has 37 heavy (non-hydrogen) atoms. The number of carbonyl (C=O) groups excluding carboxylic acids is 1. The van der Waals surface area contributed by atoms with E-state index in [9.17, 15) is 4.79 Å². The first-order valence-corrected chi connectivity index (χ1v) is 13.9. The fourth-order valence-electron chi connectivity index (χ4n) is 4.58. The van der Waals surface area contributed by atoms with Gasteiger partial charge in [-0.1, -0.05) is 61.3 Å². The molecule has 6 nitrogen and oxygen atoms in total. The first-order chi connectivity index (χ1) is 18.1. The van der Waals surface area contributed by atoms with E-state index in [1.807, 2.05) is 83.4 Å². The van der Waals surface area contributed by atoms with E-state index in [2.05, 4.69) is 22.4 Å². The molecule has 0 bridgehead atoms. The van der Waals surface area contributed by atoms with Gasteiger partial charge >= 0.3 is 0 Å². The Morgan fingerprint density at radius 1 is 0.973 bits per heavy atom. The van der Waals surface area contributed by atoms with Crippen LogP contribution in [0.1, 0.15) is 32.6 Å². The lowest BCUT2D eigenvalue weighted by atomic mass is 9.86. The van der Waals surface area contributed by atoms with Gasteiger partial charge in [0.1, 0.15) is 11.5 Å². The van der Waals surface area contributed by atoms with E-state index >= 15 is 0 Å². The second-order valence-electron chi connectivity index (χ2n) is 9.28. The average molecular weight is 533 g/mol. The van der Waals surface area contributed by atoms with Gasteiger partial charge in [-0.15, -0.1) is 10.2 Å². The Bertz CT molecular complexity index is 1330. The number of para-hydroxylation sites is 1. The van der Waals surface area contributed by atoms with Crippen molar-refractivity contribution in [3.05, 3.63) is 83.9 Å². The fourth-order valence-corrected chi connectivity index (χ4v) is 5.47. The number of hydrogen-bond donors (Lipinski definition) is 1. The lowest BCUT2D eigenvalue weighted by molar-refractivity contribution is -0.119. The fraction of sp³-hybridized carbons (Fsp3) is 0.276. The molecule has 1 amide bonds. The maximum Gasteiger partial charge on any atom is 0.230 e. The molecule has 0 saturated heterocycles. The molecule has 2 unspecified atom stereocenters. The van der Waals surface area contributed by atoms with E-state index in [-0.39, 0.29) is 17.7 Å². The number of aromatic nitrogens is 3.